The number of ketones is 1. The molecule has 30 heavy (non-hydrogen) atoms. The van der Waals surface area contributed by atoms with Crippen LogP contribution in [0.25, 0.3) is 0 Å². The molecule has 0 unspecified atom stereocenters. The molecule has 1 heterocycles. The number of nitrogens with one attached hydrogen (secondary N) is 1. The Hall–Kier alpha value is -3.49. The molecule has 2 aromatic rings. The second-order valence-corrected chi connectivity index (χ2v) is 6.44. The molecule has 0 saturated carbocycles. The van der Waals surface area contributed by atoms with Gasteiger partial charge in [-0.05, 0) is 38.5 Å². The summed E-state index contributed by atoms with van der Waals surface area (Å²) in [5.41, 5.74) is 1.51. The molecule has 1 aromatic heterocycles. The van der Waals surface area contributed by atoms with Crippen molar-refractivity contribution in [1.82, 2.24) is 4.98 Å². The summed E-state index contributed by atoms with van der Waals surface area (Å²) in [5, 5.41) is 0. The quantitative estimate of drug-likeness (QED) is 0.513. The molecule has 0 saturated heterocycles. The Morgan fingerprint density at radius 3 is 1.93 bits per heavy atom. The number of aromatic amines is 1. The number of H-pyrrole nitrogens is 1. The van der Waals surface area contributed by atoms with Crippen molar-refractivity contribution in [2.24, 2.45) is 0 Å². The van der Waals surface area contributed by atoms with Gasteiger partial charge in [-0.1, -0.05) is 0 Å². The summed E-state index contributed by atoms with van der Waals surface area (Å²) in [4.78, 5) is 40.3. The molecular formula is C21H25NO8. The summed E-state index contributed by atoms with van der Waals surface area (Å²) in [7, 11) is 5.56. The van der Waals surface area contributed by atoms with Gasteiger partial charge in [-0.2, -0.15) is 0 Å². The topological polar surface area (TPSA) is 113 Å². The van der Waals surface area contributed by atoms with Crippen LogP contribution in [0.15, 0.2) is 12.1 Å². The number of methoxy groups -OCH3 is 4. The third kappa shape index (κ3) is 4.24. The van der Waals surface area contributed by atoms with E-state index in [9.17, 15) is 14.4 Å². The fraction of sp³-hybridized carbons (Fsp3) is 0.381. The van der Waals surface area contributed by atoms with Crippen LogP contribution in [0.2, 0.25) is 0 Å². The number of rotatable bonds is 8. The lowest BCUT2D eigenvalue weighted by molar-refractivity contribution is 0.0316. The Bertz CT molecular complexity index is 951. The van der Waals surface area contributed by atoms with E-state index in [1.54, 1.807) is 13.8 Å². The van der Waals surface area contributed by atoms with Gasteiger partial charge in [0.1, 0.15) is 0 Å². The van der Waals surface area contributed by atoms with Crippen molar-refractivity contribution in [1.29, 1.82) is 0 Å². The number of carbonyl (C=O) groups is 3. The number of aromatic nitrogens is 1. The summed E-state index contributed by atoms with van der Waals surface area (Å²) in [6.07, 6.45) is -1.11. The van der Waals surface area contributed by atoms with Gasteiger partial charge in [0.25, 0.3) is 0 Å². The van der Waals surface area contributed by atoms with Crippen LogP contribution >= 0.6 is 0 Å². The standard InChI is InChI=1S/C21H25NO8/c1-10-16(21(25)29-7)11(2)22-17(10)18(23)12(3)30-20(24)13-8-14(26-4)19(28-6)15(9-13)27-5/h8-9,12,22H,1-7H3/t12-/m0/s1. The normalized spacial score (nSPS) is 11.4. The van der Waals surface area contributed by atoms with Gasteiger partial charge in [0.15, 0.2) is 17.6 Å². The van der Waals surface area contributed by atoms with Gasteiger partial charge in [-0.3, -0.25) is 4.79 Å². The first kappa shape index (κ1) is 22.8. The highest BCUT2D eigenvalue weighted by Gasteiger charge is 2.28. The highest BCUT2D eigenvalue weighted by atomic mass is 16.6. The Balaban J connectivity index is 2.28. The van der Waals surface area contributed by atoms with Crippen molar-refractivity contribution < 1.29 is 38.1 Å². The molecular weight excluding hydrogens is 394 g/mol. The SMILES string of the molecule is COC(=O)c1c(C)[nH]c(C(=O)[C@H](C)OC(=O)c2cc(OC)c(OC)c(OC)c2)c1C. The van der Waals surface area contributed by atoms with Crippen LogP contribution in [0.4, 0.5) is 0 Å². The predicted molar refractivity (Wildman–Crippen MR) is 107 cm³/mol. The van der Waals surface area contributed by atoms with E-state index in [0.29, 0.717) is 17.0 Å². The lowest BCUT2D eigenvalue weighted by Gasteiger charge is -2.15. The van der Waals surface area contributed by atoms with E-state index in [-0.39, 0.29) is 28.3 Å². The number of hydrogen-bond acceptors (Lipinski definition) is 8. The number of carbonyl (C=O) groups excluding carboxylic acids is 3. The zero-order valence-corrected chi connectivity index (χ0v) is 18.0. The summed E-state index contributed by atoms with van der Waals surface area (Å²) < 4.78 is 25.8. The summed E-state index contributed by atoms with van der Waals surface area (Å²) >= 11 is 0. The van der Waals surface area contributed by atoms with Crippen molar-refractivity contribution in [3.8, 4) is 17.2 Å². The largest absolute Gasteiger partial charge is 0.493 e. The van der Waals surface area contributed by atoms with Crippen molar-refractivity contribution in [2.45, 2.75) is 26.9 Å². The summed E-state index contributed by atoms with van der Waals surface area (Å²) in [6.45, 7) is 4.73. The average molecular weight is 419 g/mol. The molecule has 1 atom stereocenters. The van der Waals surface area contributed by atoms with E-state index in [0.717, 1.165) is 0 Å². The van der Waals surface area contributed by atoms with Crippen molar-refractivity contribution in [3.63, 3.8) is 0 Å². The van der Waals surface area contributed by atoms with Crippen molar-refractivity contribution in [3.05, 3.63) is 40.2 Å². The summed E-state index contributed by atoms with van der Waals surface area (Å²) in [6, 6.07) is 2.86. The third-order valence-corrected chi connectivity index (χ3v) is 4.63. The monoisotopic (exact) mass is 419 g/mol. The molecule has 162 valence electrons. The lowest BCUT2D eigenvalue weighted by Crippen LogP contribution is -2.25. The highest BCUT2D eigenvalue weighted by molar-refractivity contribution is 6.04. The van der Waals surface area contributed by atoms with E-state index < -0.39 is 23.8 Å². The van der Waals surface area contributed by atoms with E-state index in [2.05, 4.69) is 4.98 Å². The van der Waals surface area contributed by atoms with Gasteiger partial charge in [0, 0.05) is 5.69 Å². The minimum Gasteiger partial charge on any atom is -0.493 e. The zero-order chi connectivity index (χ0) is 22.6. The Labute approximate surface area is 174 Å². The van der Waals surface area contributed by atoms with Crippen LogP contribution in [-0.2, 0) is 9.47 Å². The molecule has 9 nitrogen and oxygen atoms in total. The van der Waals surface area contributed by atoms with Gasteiger partial charge < -0.3 is 28.7 Å². The number of esters is 2. The van der Waals surface area contributed by atoms with Gasteiger partial charge >= 0.3 is 11.9 Å². The second kappa shape index (κ2) is 9.34. The Kier molecular flexibility index (Phi) is 7.10. The number of benzene rings is 1. The van der Waals surface area contributed by atoms with E-state index in [4.69, 9.17) is 23.7 Å². The molecule has 1 aromatic carbocycles. The molecule has 2 rings (SSSR count). The van der Waals surface area contributed by atoms with Gasteiger partial charge in [-0.25, -0.2) is 9.59 Å². The minimum atomic E-state index is -1.11. The fourth-order valence-corrected chi connectivity index (χ4v) is 3.09. The van der Waals surface area contributed by atoms with Crippen LogP contribution in [0, 0.1) is 13.8 Å². The molecule has 0 spiro atoms. The number of Topliss-reactive ketones (excluding diaryl/α,β-unsaturated/α-hetero) is 1. The van der Waals surface area contributed by atoms with Gasteiger partial charge in [0.2, 0.25) is 11.5 Å². The maximum absolute atomic E-state index is 12.8. The van der Waals surface area contributed by atoms with Crippen LogP contribution in [0.3, 0.4) is 0 Å². The smallest absolute Gasteiger partial charge is 0.339 e. The van der Waals surface area contributed by atoms with E-state index >= 15 is 0 Å². The summed E-state index contributed by atoms with van der Waals surface area (Å²) in [5.74, 6) is -0.894. The molecule has 0 aliphatic carbocycles. The molecule has 0 amide bonds. The maximum atomic E-state index is 12.8. The maximum Gasteiger partial charge on any atom is 0.339 e. The van der Waals surface area contributed by atoms with Crippen molar-refractivity contribution in [2.75, 3.05) is 28.4 Å². The Morgan fingerprint density at radius 2 is 1.47 bits per heavy atom. The van der Waals surface area contributed by atoms with Crippen molar-refractivity contribution >= 4 is 17.7 Å². The lowest BCUT2D eigenvalue weighted by atomic mass is 10.1. The van der Waals surface area contributed by atoms with Gasteiger partial charge in [-0.15, -0.1) is 0 Å². The molecule has 0 fully saturated rings. The molecule has 0 aliphatic rings. The first-order chi connectivity index (χ1) is 14.2. The number of ether oxygens (including phenoxy) is 5. The third-order valence-electron chi connectivity index (χ3n) is 4.63. The molecule has 0 bridgehead atoms. The predicted octanol–water partition coefficient (Wildman–Crippen LogP) is 2.87. The first-order valence-corrected chi connectivity index (χ1v) is 9.02. The van der Waals surface area contributed by atoms with E-state index in [1.165, 1.54) is 47.5 Å². The van der Waals surface area contributed by atoms with Gasteiger partial charge in [0.05, 0.1) is 45.3 Å². The highest BCUT2D eigenvalue weighted by Crippen LogP contribution is 2.38. The Morgan fingerprint density at radius 1 is 0.900 bits per heavy atom. The molecule has 0 aliphatic heterocycles. The number of hydrogen-bond donors (Lipinski definition) is 1. The van der Waals surface area contributed by atoms with Crippen LogP contribution in [0.1, 0.15) is 49.4 Å². The van der Waals surface area contributed by atoms with E-state index in [1.807, 2.05) is 0 Å². The minimum absolute atomic E-state index is 0.124. The number of aryl methyl sites for hydroxylation is 1. The van der Waals surface area contributed by atoms with Crippen LogP contribution in [0.5, 0.6) is 17.2 Å². The molecule has 9 heteroatoms. The first-order valence-electron chi connectivity index (χ1n) is 9.02. The second-order valence-electron chi connectivity index (χ2n) is 6.44. The fourth-order valence-electron chi connectivity index (χ4n) is 3.09. The molecule has 1 N–H and O–H groups in total. The molecule has 0 radical (unpaired) electrons. The zero-order valence-electron chi connectivity index (χ0n) is 18.0. The van der Waals surface area contributed by atoms with Crippen LogP contribution in [-0.4, -0.2) is 57.2 Å². The van der Waals surface area contributed by atoms with Crippen LogP contribution < -0.4 is 14.2 Å². The average Bonchev–Trinajstić information content (AvgIpc) is 3.04.